The summed E-state index contributed by atoms with van der Waals surface area (Å²) >= 11 is 0. The van der Waals surface area contributed by atoms with Crippen LogP contribution in [0.25, 0.3) is 0 Å². The summed E-state index contributed by atoms with van der Waals surface area (Å²) in [4.78, 5) is 20.4. The largest absolute Gasteiger partial charge is 0.444 e. The lowest BCUT2D eigenvalue weighted by Crippen LogP contribution is -2.53. The number of carbonyl (C=O) groups is 1. The molecule has 2 saturated heterocycles. The van der Waals surface area contributed by atoms with Gasteiger partial charge in [0.25, 0.3) is 0 Å². The van der Waals surface area contributed by atoms with Crippen LogP contribution in [0.4, 0.5) is 4.79 Å². The average molecular weight is 397 g/mol. The van der Waals surface area contributed by atoms with E-state index in [0.717, 1.165) is 12.8 Å². The van der Waals surface area contributed by atoms with E-state index in [-0.39, 0.29) is 18.0 Å². The van der Waals surface area contributed by atoms with E-state index in [0.29, 0.717) is 45.3 Å². The summed E-state index contributed by atoms with van der Waals surface area (Å²) < 4.78 is 17.7. The number of guanidine groups is 1. The SMILES string of the molecule is CC(C)(C)OC(=O)N1CCN(C(N)=NCC2COC3(CCCCCC3)O2)CC1. The smallest absolute Gasteiger partial charge is 0.410 e. The highest BCUT2D eigenvalue weighted by atomic mass is 16.7. The van der Waals surface area contributed by atoms with Gasteiger partial charge in [-0.05, 0) is 33.6 Å². The van der Waals surface area contributed by atoms with E-state index in [2.05, 4.69) is 4.99 Å². The summed E-state index contributed by atoms with van der Waals surface area (Å²) in [7, 11) is 0. The minimum absolute atomic E-state index is 0.0281. The van der Waals surface area contributed by atoms with Crippen molar-refractivity contribution in [1.29, 1.82) is 0 Å². The maximum atomic E-state index is 12.2. The molecule has 0 aromatic heterocycles. The van der Waals surface area contributed by atoms with Crippen LogP contribution in [-0.4, -0.2) is 78.7 Å². The molecule has 0 radical (unpaired) electrons. The molecule has 1 spiro atoms. The van der Waals surface area contributed by atoms with Crippen molar-refractivity contribution in [1.82, 2.24) is 9.80 Å². The Hall–Kier alpha value is -1.54. The Kier molecular flexibility index (Phi) is 6.70. The van der Waals surface area contributed by atoms with Crippen LogP contribution in [-0.2, 0) is 14.2 Å². The van der Waals surface area contributed by atoms with E-state index in [4.69, 9.17) is 19.9 Å². The van der Waals surface area contributed by atoms with Crippen molar-refractivity contribution in [2.24, 2.45) is 10.7 Å². The lowest BCUT2D eigenvalue weighted by molar-refractivity contribution is -0.174. The van der Waals surface area contributed by atoms with Gasteiger partial charge < -0.3 is 29.7 Å². The first-order valence-corrected chi connectivity index (χ1v) is 10.6. The first-order valence-electron chi connectivity index (χ1n) is 10.6. The zero-order valence-corrected chi connectivity index (χ0v) is 17.6. The number of carbonyl (C=O) groups excluding carboxylic acids is 1. The molecule has 1 saturated carbocycles. The summed E-state index contributed by atoms with van der Waals surface area (Å²) in [5.41, 5.74) is 5.71. The lowest BCUT2D eigenvalue weighted by atomic mass is 10.1. The minimum atomic E-state index is -0.479. The molecule has 8 nitrogen and oxygen atoms in total. The van der Waals surface area contributed by atoms with Crippen molar-refractivity contribution in [3.63, 3.8) is 0 Å². The average Bonchev–Trinajstić information content (AvgIpc) is 2.89. The molecule has 0 bridgehead atoms. The van der Waals surface area contributed by atoms with Crippen molar-refractivity contribution >= 4 is 12.1 Å². The van der Waals surface area contributed by atoms with E-state index in [1.54, 1.807) is 4.90 Å². The highest BCUT2D eigenvalue weighted by molar-refractivity contribution is 5.78. The molecule has 1 atom stereocenters. The predicted molar refractivity (Wildman–Crippen MR) is 107 cm³/mol. The number of rotatable bonds is 2. The fourth-order valence-electron chi connectivity index (χ4n) is 3.98. The van der Waals surface area contributed by atoms with Gasteiger partial charge in [0.05, 0.1) is 13.2 Å². The number of ether oxygens (including phenoxy) is 3. The van der Waals surface area contributed by atoms with E-state index in [1.807, 2.05) is 25.7 Å². The Morgan fingerprint density at radius 2 is 1.71 bits per heavy atom. The van der Waals surface area contributed by atoms with Crippen molar-refractivity contribution in [2.45, 2.75) is 76.8 Å². The van der Waals surface area contributed by atoms with Crippen molar-refractivity contribution in [2.75, 3.05) is 39.3 Å². The maximum Gasteiger partial charge on any atom is 0.410 e. The molecular formula is C20H36N4O4. The molecule has 1 unspecified atom stereocenters. The molecule has 8 heteroatoms. The van der Waals surface area contributed by atoms with Gasteiger partial charge in [-0.1, -0.05) is 12.8 Å². The molecule has 2 aliphatic heterocycles. The number of aliphatic imine (C=N–C) groups is 1. The third kappa shape index (κ3) is 5.73. The topological polar surface area (TPSA) is 89.6 Å². The van der Waals surface area contributed by atoms with Crippen LogP contribution in [0.15, 0.2) is 4.99 Å². The van der Waals surface area contributed by atoms with Gasteiger partial charge in [-0.2, -0.15) is 0 Å². The van der Waals surface area contributed by atoms with Crippen LogP contribution in [0.5, 0.6) is 0 Å². The maximum absolute atomic E-state index is 12.2. The molecule has 0 aromatic carbocycles. The standard InChI is InChI=1S/C20H36N4O4/c1-19(2,3)28-18(25)24-12-10-23(11-13-24)17(21)22-14-16-15-26-20(27-16)8-6-4-5-7-9-20/h16H,4-15H2,1-3H3,(H2,21,22). The summed E-state index contributed by atoms with van der Waals surface area (Å²) in [6.07, 6.45) is 6.52. The van der Waals surface area contributed by atoms with Gasteiger partial charge in [0.15, 0.2) is 11.7 Å². The summed E-state index contributed by atoms with van der Waals surface area (Å²) in [6, 6.07) is 0. The van der Waals surface area contributed by atoms with Gasteiger partial charge in [0, 0.05) is 39.0 Å². The van der Waals surface area contributed by atoms with Gasteiger partial charge in [-0.15, -0.1) is 0 Å². The van der Waals surface area contributed by atoms with E-state index in [9.17, 15) is 4.79 Å². The minimum Gasteiger partial charge on any atom is -0.444 e. The summed E-state index contributed by atoms with van der Waals surface area (Å²) in [6.45, 7) is 9.19. The molecular weight excluding hydrogens is 360 g/mol. The fraction of sp³-hybridized carbons (Fsp3) is 0.900. The van der Waals surface area contributed by atoms with Crippen molar-refractivity contribution in [3.8, 4) is 0 Å². The highest BCUT2D eigenvalue weighted by Crippen LogP contribution is 2.36. The van der Waals surface area contributed by atoms with Gasteiger partial charge >= 0.3 is 6.09 Å². The van der Waals surface area contributed by atoms with E-state index in [1.165, 1.54) is 25.7 Å². The quantitative estimate of drug-likeness (QED) is 0.569. The van der Waals surface area contributed by atoms with Gasteiger partial charge in [-0.3, -0.25) is 4.99 Å². The molecule has 1 amide bonds. The molecule has 0 aromatic rings. The number of nitrogens with two attached hydrogens (primary N) is 1. The van der Waals surface area contributed by atoms with Gasteiger partial charge in [0.2, 0.25) is 0 Å². The second-order valence-electron chi connectivity index (χ2n) is 9.03. The van der Waals surface area contributed by atoms with Crippen molar-refractivity contribution < 1.29 is 19.0 Å². The molecule has 2 N–H and O–H groups in total. The van der Waals surface area contributed by atoms with Crippen molar-refractivity contribution in [3.05, 3.63) is 0 Å². The molecule has 28 heavy (non-hydrogen) atoms. The summed E-state index contributed by atoms with van der Waals surface area (Å²) in [5.74, 6) is 0.124. The lowest BCUT2D eigenvalue weighted by Gasteiger charge is -2.36. The Labute approximate surface area is 168 Å². The monoisotopic (exact) mass is 396 g/mol. The third-order valence-electron chi connectivity index (χ3n) is 5.49. The Morgan fingerprint density at radius 1 is 1.11 bits per heavy atom. The molecule has 2 heterocycles. The zero-order chi connectivity index (χ0) is 20.2. The zero-order valence-electron chi connectivity index (χ0n) is 17.6. The Bertz CT molecular complexity index is 559. The Morgan fingerprint density at radius 3 is 2.32 bits per heavy atom. The van der Waals surface area contributed by atoms with Crippen LogP contribution in [0.3, 0.4) is 0 Å². The number of nitrogens with zero attached hydrogens (tertiary/aromatic N) is 3. The number of amides is 1. The number of hydrogen-bond acceptors (Lipinski definition) is 5. The van der Waals surface area contributed by atoms with Crippen LogP contribution in [0.2, 0.25) is 0 Å². The normalized spacial score (nSPS) is 26.4. The molecule has 3 fully saturated rings. The first kappa shape index (κ1) is 21.2. The van der Waals surface area contributed by atoms with Crippen LogP contribution in [0.1, 0.15) is 59.3 Å². The molecule has 1 aliphatic carbocycles. The fourth-order valence-corrected chi connectivity index (χ4v) is 3.98. The third-order valence-corrected chi connectivity index (χ3v) is 5.49. The molecule has 3 rings (SSSR count). The van der Waals surface area contributed by atoms with Crippen LogP contribution in [0, 0.1) is 0 Å². The van der Waals surface area contributed by atoms with Crippen LogP contribution < -0.4 is 5.73 Å². The van der Waals surface area contributed by atoms with Gasteiger partial charge in [0.1, 0.15) is 11.7 Å². The second kappa shape index (κ2) is 8.86. The number of piperazine rings is 1. The van der Waals surface area contributed by atoms with E-state index < -0.39 is 5.60 Å². The van der Waals surface area contributed by atoms with Crippen LogP contribution >= 0.6 is 0 Å². The molecule has 160 valence electrons. The summed E-state index contributed by atoms with van der Waals surface area (Å²) in [5, 5.41) is 0. The molecule has 3 aliphatic rings. The highest BCUT2D eigenvalue weighted by Gasteiger charge is 2.41. The second-order valence-corrected chi connectivity index (χ2v) is 9.03. The van der Waals surface area contributed by atoms with E-state index >= 15 is 0 Å². The predicted octanol–water partition coefficient (Wildman–Crippen LogP) is 2.32. The van der Waals surface area contributed by atoms with Gasteiger partial charge in [-0.25, -0.2) is 4.79 Å². The Balaban J connectivity index is 1.43. The number of hydrogen-bond donors (Lipinski definition) is 1. The first-order chi connectivity index (χ1) is 13.3.